The van der Waals surface area contributed by atoms with E-state index in [0.717, 1.165) is 5.69 Å². The van der Waals surface area contributed by atoms with Crippen molar-refractivity contribution in [1.29, 1.82) is 0 Å². The van der Waals surface area contributed by atoms with E-state index in [1.807, 2.05) is 26.0 Å². The van der Waals surface area contributed by atoms with Crippen LogP contribution in [0.1, 0.15) is 11.1 Å². The molecule has 86 valence electrons. The molecule has 0 amide bonds. The minimum Gasteiger partial charge on any atom is -0.378 e. The molecule has 1 aromatic rings. The largest absolute Gasteiger partial charge is 0.378 e. The van der Waals surface area contributed by atoms with Crippen LogP contribution in [0.5, 0.6) is 0 Å². The minimum absolute atomic E-state index is 0.105. The number of rotatable bonds is 2. The first-order valence-electron chi connectivity index (χ1n) is 5.20. The molecule has 0 saturated carbocycles. The fourth-order valence-corrected chi connectivity index (χ4v) is 3.17. The number of aryl methyl sites for hydroxylation is 2. The highest BCUT2D eigenvalue weighted by Crippen LogP contribution is 2.18. The van der Waals surface area contributed by atoms with E-state index < -0.39 is 9.84 Å². The zero-order chi connectivity index (χ0) is 11.8. The van der Waals surface area contributed by atoms with Gasteiger partial charge >= 0.3 is 0 Å². The van der Waals surface area contributed by atoms with Gasteiger partial charge in [-0.25, -0.2) is 8.42 Å². The molecule has 1 aromatic carbocycles. The van der Waals surface area contributed by atoms with Crippen molar-refractivity contribution in [3.8, 4) is 0 Å². The molecule has 1 aliphatic rings. The van der Waals surface area contributed by atoms with Crippen LogP contribution < -0.4 is 5.32 Å². The number of benzene rings is 1. The summed E-state index contributed by atoms with van der Waals surface area (Å²) in [7, 11) is -2.98. The number of nitrogens with one attached hydrogen (secondary N) is 1. The fourth-order valence-electron chi connectivity index (χ4n) is 1.94. The molecule has 0 saturated heterocycles. The van der Waals surface area contributed by atoms with Gasteiger partial charge in [-0.05, 0) is 37.1 Å². The summed E-state index contributed by atoms with van der Waals surface area (Å²) in [6.07, 6.45) is 1.70. The van der Waals surface area contributed by atoms with Crippen LogP contribution in [0.25, 0.3) is 0 Å². The van der Waals surface area contributed by atoms with Crippen molar-refractivity contribution < 1.29 is 8.42 Å². The van der Waals surface area contributed by atoms with Crippen molar-refractivity contribution in [2.24, 2.45) is 0 Å². The Hall–Kier alpha value is -1.29. The number of hydrogen-bond donors (Lipinski definition) is 1. The van der Waals surface area contributed by atoms with Gasteiger partial charge in [0.05, 0.1) is 11.8 Å². The molecule has 3 nitrogen and oxygen atoms in total. The maximum Gasteiger partial charge on any atom is 0.173 e. The Morgan fingerprint density at radius 1 is 1.19 bits per heavy atom. The summed E-state index contributed by atoms with van der Waals surface area (Å²) in [5.41, 5.74) is 3.32. The lowest BCUT2D eigenvalue weighted by atomic mass is 10.1. The summed E-state index contributed by atoms with van der Waals surface area (Å²) in [4.78, 5) is 0. The Kier molecular flexibility index (Phi) is 2.76. The van der Waals surface area contributed by atoms with Gasteiger partial charge in [0.1, 0.15) is 0 Å². The maximum absolute atomic E-state index is 11.2. The molecule has 2 rings (SSSR count). The highest BCUT2D eigenvalue weighted by Gasteiger charge is 2.21. The van der Waals surface area contributed by atoms with Crippen LogP contribution in [-0.2, 0) is 9.84 Å². The van der Waals surface area contributed by atoms with Gasteiger partial charge in [-0.15, -0.1) is 0 Å². The normalized spacial score (nSPS) is 22.2. The van der Waals surface area contributed by atoms with E-state index in [0.29, 0.717) is 0 Å². The van der Waals surface area contributed by atoms with Crippen LogP contribution in [-0.4, -0.2) is 20.2 Å². The smallest absolute Gasteiger partial charge is 0.173 e. The minimum atomic E-state index is -2.98. The van der Waals surface area contributed by atoms with Crippen molar-refractivity contribution in [3.63, 3.8) is 0 Å². The Bertz CT molecular complexity index is 512. The van der Waals surface area contributed by atoms with Gasteiger partial charge < -0.3 is 5.32 Å². The molecule has 0 bridgehead atoms. The average molecular weight is 237 g/mol. The highest BCUT2D eigenvalue weighted by atomic mass is 32.2. The lowest BCUT2D eigenvalue weighted by Crippen LogP contribution is -2.20. The third-order valence-electron chi connectivity index (χ3n) is 2.50. The van der Waals surface area contributed by atoms with E-state index >= 15 is 0 Å². The van der Waals surface area contributed by atoms with Crippen LogP contribution in [0.4, 0.5) is 5.69 Å². The van der Waals surface area contributed by atoms with Gasteiger partial charge in [-0.1, -0.05) is 12.1 Å². The molecular formula is C12H15NO2S. The zero-order valence-corrected chi connectivity index (χ0v) is 10.2. The van der Waals surface area contributed by atoms with E-state index in [4.69, 9.17) is 0 Å². The fraction of sp³-hybridized carbons (Fsp3) is 0.333. The average Bonchev–Trinajstić information content (AvgIpc) is 2.43. The maximum atomic E-state index is 11.2. The topological polar surface area (TPSA) is 46.2 Å². The molecule has 0 radical (unpaired) electrons. The predicted molar refractivity (Wildman–Crippen MR) is 66.3 cm³/mol. The third-order valence-corrected chi connectivity index (χ3v) is 3.90. The Labute approximate surface area is 96.1 Å². The van der Waals surface area contributed by atoms with E-state index in [1.54, 1.807) is 6.08 Å². The highest BCUT2D eigenvalue weighted by molar-refractivity contribution is 7.94. The van der Waals surface area contributed by atoms with E-state index in [1.165, 1.54) is 16.5 Å². The van der Waals surface area contributed by atoms with E-state index in [9.17, 15) is 8.42 Å². The molecule has 4 heteroatoms. The predicted octanol–water partition coefficient (Wildman–Crippen LogP) is 2.03. The Balaban J connectivity index is 2.14. The molecule has 0 aromatic heterocycles. The summed E-state index contributed by atoms with van der Waals surface area (Å²) in [5, 5.41) is 4.50. The second-order valence-corrected chi connectivity index (χ2v) is 6.22. The molecule has 0 unspecified atom stereocenters. The van der Waals surface area contributed by atoms with Crippen molar-refractivity contribution in [2.75, 3.05) is 11.1 Å². The van der Waals surface area contributed by atoms with Crippen LogP contribution in [0.3, 0.4) is 0 Å². The molecule has 0 fully saturated rings. The van der Waals surface area contributed by atoms with Crippen molar-refractivity contribution in [2.45, 2.75) is 19.9 Å². The molecule has 1 atom stereocenters. The van der Waals surface area contributed by atoms with Crippen LogP contribution in [0.2, 0.25) is 0 Å². The number of sulfone groups is 1. The van der Waals surface area contributed by atoms with Crippen LogP contribution >= 0.6 is 0 Å². The van der Waals surface area contributed by atoms with Crippen molar-refractivity contribution in [3.05, 3.63) is 40.8 Å². The lowest BCUT2D eigenvalue weighted by molar-refractivity contribution is 0.605. The van der Waals surface area contributed by atoms with E-state index in [-0.39, 0.29) is 11.8 Å². The third kappa shape index (κ3) is 2.64. The van der Waals surface area contributed by atoms with Gasteiger partial charge in [-0.2, -0.15) is 0 Å². The molecule has 1 N–H and O–H groups in total. The molecule has 1 aliphatic heterocycles. The van der Waals surface area contributed by atoms with Crippen LogP contribution in [0, 0.1) is 13.8 Å². The second-order valence-electron chi connectivity index (χ2n) is 4.29. The molecule has 0 spiro atoms. The van der Waals surface area contributed by atoms with Gasteiger partial charge in [0.2, 0.25) is 0 Å². The second kappa shape index (κ2) is 3.94. The molecule has 0 aliphatic carbocycles. The summed E-state index contributed by atoms with van der Waals surface area (Å²) >= 11 is 0. The number of anilines is 1. The SMILES string of the molecule is Cc1cc(C)cc(N[C@@H]2C=CS(=O)(=O)C2)c1. The van der Waals surface area contributed by atoms with E-state index in [2.05, 4.69) is 11.4 Å². The first-order chi connectivity index (χ1) is 7.44. The van der Waals surface area contributed by atoms with Crippen LogP contribution in [0.15, 0.2) is 29.7 Å². The quantitative estimate of drug-likeness (QED) is 0.856. The Morgan fingerprint density at radius 3 is 2.31 bits per heavy atom. The number of hydrogen-bond acceptors (Lipinski definition) is 3. The summed E-state index contributed by atoms with van der Waals surface area (Å²) in [5.74, 6) is 0.153. The van der Waals surface area contributed by atoms with Gasteiger partial charge in [0.15, 0.2) is 9.84 Å². The van der Waals surface area contributed by atoms with Gasteiger partial charge in [-0.3, -0.25) is 0 Å². The van der Waals surface area contributed by atoms with Gasteiger partial charge in [0.25, 0.3) is 0 Å². The monoisotopic (exact) mass is 237 g/mol. The first-order valence-corrected chi connectivity index (χ1v) is 6.92. The lowest BCUT2D eigenvalue weighted by Gasteiger charge is -2.12. The van der Waals surface area contributed by atoms with Crippen molar-refractivity contribution >= 4 is 15.5 Å². The molecule has 1 heterocycles. The first kappa shape index (κ1) is 11.2. The Morgan fingerprint density at radius 2 is 1.81 bits per heavy atom. The van der Waals surface area contributed by atoms with Crippen molar-refractivity contribution in [1.82, 2.24) is 0 Å². The summed E-state index contributed by atoms with van der Waals surface area (Å²) < 4.78 is 22.5. The van der Waals surface area contributed by atoms with Gasteiger partial charge in [0, 0.05) is 11.1 Å². The zero-order valence-electron chi connectivity index (χ0n) is 9.40. The molecule has 16 heavy (non-hydrogen) atoms. The molecular weight excluding hydrogens is 222 g/mol. The standard InChI is InChI=1S/C12H15NO2S/c1-9-5-10(2)7-12(6-9)13-11-3-4-16(14,15)8-11/h3-7,11,13H,8H2,1-2H3/t11-/m1/s1. The summed E-state index contributed by atoms with van der Waals surface area (Å²) in [6.45, 7) is 4.05. The summed E-state index contributed by atoms with van der Waals surface area (Å²) in [6, 6.07) is 6.02.